The van der Waals surface area contributed by atoms with Crippen molar-refractivity contribution < 1.29 is 4.79 Å². The first-order valence-electron chi connectivity index (χ1n) is 7.22. The molecule has 108 valence electrons. The predicted octanol–water partition coefficient (Wildman–Crippen LogP) is 1.17. The molecule has 1 amide bonds. The Morgan fingerprint density at radius 2 is 1.90 bits per heavy atom. The molecule has 1 aromatic rings. The Labute approximate surface area is 124 Å². The van der Waals surface area contributed by atoms with Gasteiger partial charge in [0.2, 0.25) is 5.91 Å². The summed E-state index contributed by atoms with van der Waals surface area (Å²) in [6, 6.07) is 9.82. The van der Waals surface area contributed by atoms with Crippen LogP contribution in [0.5, 0.6) is 0 Å². The van der Waals surface area contributed by atoms with Crippen LogP contribution in [0.15, 0.2) is 30.3 Å². The van der Waals surface area contributed by atoms with Gasteiger partial charge in [0.05, 0.1) is 6.67 Å². The predicted molar refractivity (Wildman–Crippen MR) is 82.7 cm³/mol. The highest BCUT2D eigenvalue weighted by molar-refractivity contribution is 7.99. The zero-order valence-corrected chi connectivity index (χ0v) is 12.4. The molecule has 2 fully saturated rings. The summed E-state index contributed by atoms with van der Waals surface area (Å²) in [7, 11) is 0. The third kappa shape index (κ3) is 3.16. The number of carbonyl (C=O) groups excluding carboxylic acids is 1. The summed E-state index contributed by atoms with van der Waals surface area (Å²) in [5.41, 5.74) is 1.06. The Morgan fingerprint density at radius 3 is 2.65 bits per heavy atom. The number of thioether (sulfide) groups is 1. The van der Waals surface area contributed by atoms with Gasteiger partial charge in [-0.1, -0.05) is 30.3 Å². The van der Waals surface area contributed by atoms with Crippen LogP contribution in [0, 0.1) is 0 Å². The van der Waals surface area contributed by atoms with Gasteiger partial charge in [0.15, 0.2) is 0 Å². The topological polar surface area (TPSA) is 35.6 Å². The van der Waals surface area contributed by atoms with E-state index in [1.54, 1.807) is 0 Å². The van der Waals surface area contributed by atoms with Gasteiger partial charge in [0.1, 0.15) is 6.04 Å². The second kappa shape index (κ2) is 6.61. The van der Waals surface area contributed by atoms with Gasteiger partial charge >= 0.3 is 0 Å². The minimum absolute atomic E-state index is 0.159. The van der Waals surface area contributed by atoms with Crippen molar-refractivity contribution >= 4 is 17.7 Å². The van der Waals surface area contributed by atoms with Crippen molar-refractivity contribution in [2.24, 2.45) is 0 Å². The molecular formula is C15H21N3OS. The number of carbonyl (C=O) groups is 1. The maximum atomic E-state index is 12.4. The number of hydrogen-bond acceptors (Lipinski definition) is 4. The van der Waals surface area contributed by atoms with E-state index in [9.17, 15) is 4.79 Å². The minimum Gasteiger partial charge on any atom is -0.327 e. The Morgan fingerprint density at radius 1 is 1.15 bits per heavy atom. The van der Waals surface area contributed by atoms with E-state index >= 15 is 0 Å². The third-order valence-corrected chi connectivity index (χ3v) is 4.91. The summed E-state index contributed by atoms with van der Waals surface area (Å²) >= 11 is 2.02. The fourth-order valence-corrected chi connectivity index (χ4v) is 3.71. The molecule has 0 aromatic heterocycles. The third-order valence-electron chi connectivity index (χ3n) is 3.97. The summed E-state index contributed by atoms with van der Waals surface area (Å²) in [4.78, 5) is 16.8. The molecule has 0 radical (unpaired) electrons. The first-order chi connectivity index (χ1) is 9.84. The van der Waals surface area contributed by atoms with Crippen LogP contribution in [0.25, 0.3) is 0 Å². The molecule has 5 heteroatoms. The number of amides is 1. The Balaban J connectivity index is 1.53. The second-order valence-corrected chi connectivity index (χ2v) is 6.49. The average Bonchev–Trinajstić information content (AvgIpc) is 2.88. The highest BCUT2D eigenvalue weighted by Gasteiger charge is 2.31. The fraction of sp³-hybridized carbons (Fsp3) is 0.533. The highest BCUT2D eigenvalue weighted by Crippen LogP contribution is 2.20. The molecule has 0 saturated carbocycles. The van der Waals surface area contributed by atoms with Crippen molar-refractivity contribution in [2.45, 2.75) is 6.04 Å². The number of hydrogen-bond donors (Lipinski definition) is 1. The summed E-state index contributed by atoms with van der Waals surface area (Å²) < 4.78 is 0. The van der Waals surface area contributed by atoms with Gasteiger partial charge < -0.3 is 4.90 Å². The van der Waals surface area contributed by atoms with E-state index in [1.165, 1.54) is 11.5 Å². The molecule has 2 aliphatic heterocycles. The number of nitrogens with zero attached hydrogens (tertiary/aromatic N) is 2. The van der Waals surface area contributed by atoms with Crippen molar-refractivity contribution in [2.75, 3.05) is 44.4 Å². The van der Waals surface area contributed by atoms with Gasteiger partial charge in [-0.15, -0.1) is 0 Å². The van der Waals surface area contributed by atoms with Gasteiger partial charge in [-0.05, 0) is 5.56 Å². The molecule has 3 rings (SSSR count). The van der Waals surface area contributed by atoms with Crippen LogP contribution in [0.2, 0.25) is 0 Å². The Hall–Kier alpha value is -1.04. The summed E-state index contributed by atoms with van der Waals surface area (Å²) in [5, 5.41) is 3.31. The summed E-state index contributed by atoms with van der Waals surface area (Å²) in [6.45, 7) is 4.81. The Kier molecular flexibility index (Phi) is 4.60. The summed E-state index contributed by atoms with van der Waals surface area (Å²) in [6.07, 6.45) is 0. The monoisotopic (exact) mass is 291 g/mol. The molecule has 1 unspecified atom stereocenters. The number of nitrogens with one attached hydrogen (secondary N) is 1. The molecule has 20 heavy (non-hydrogen) atoms. The van der Waals surface area contributed by atoms with Gasteiger partial charge in [0, 0.05) is 37.7 Å². The van der Waals surface area contributed by atoms with Gasteiger partial charge in [-0.3, -0.25) is 15.0 Å². The van der Waals surface area contributed by atoms with E-state index in [2.05, 4.69) is 10.2 Å². The maximum Gasteiger partial charge on any atom is 0.245 e. The lowest BCUT2D eigenvalue weighted by Crippen LogP contribution is -2.40. The average molecular weight is 291 g/mol. The molecular weight excluding hydrogens is 270 g/mol. The molecule has 4 nitrogen and oxygen atoms in total. The molecule has 2 heterocycles. The first kappa shape index (κ1) is 13.9. The first-order valence-corrected chi connectivity index (χ1v) is 8.37. The van der Waals surface area contributed by atoms with Crippen LogP contribution in [0.1, 0.15) is 11.6 Å². The van der Waals surface area contributed by atoms with E-state index in [-0.39, 0.29) is 11.9 Å². The molecule has 1 aromatic carbocycles. The van der Waals surface area contributed by atoms with Gasteiger partial charge in [0.25, 0.3) is 0 Å². The van der Waals surface area contributed by atoms with E-state index in [0.29, 0.717) is 6.67 Å². The van der Waals surface area contributed by atoms with Crippen LogP contribution in [-0.4, -0.2) is 60.1 Å². The van der Waals surface area contributed by atoms with E-state index < -0.39 is 0 Å². The maximum absolute atomic E-state index is 12.4. The van der Waals surface area contributed by atoms with E-state index in [1.807, 2.05) is 47.0 Å². The van der Waals surface area contributed by atoms with Gasteiger partial charge in [-0.2, -0.15) is 11.8 Å². The van der Waals surface area contributed by atoms with Crippen molar-refractivity contribution in [3.05, 3.63) is 35.9 Å². The lowest BCUT2D eigenvalue weighted by Gasteiger charge is -2.28. The highest BCUT2D eigenvalue weighted by atomic mass is 32.2. The quantitative estimate of drug-likeness (QED) is 0.903. The number of benzene rings is 1. The van der Waals surface area contributed by atoms with Crippen molar-refractivity contribution in [1.82, 2.24) is 15.1 Å². The minimum atomic E-state index is -0.159. The van der Waals surface area contributed by atoms with Crippen LogP contribution in [-0.2, 0) is 4.79 Å². The van der Waals surface area contributed by atoms with Crippen molar-refractivity contribution in [3.8, 4) is 0 Å². The van der Waals surface area contributed by atoms with Crippen LogP contribution < -0.4 is 5.32 Å². The zero-order valence-electron chi connectivity index (χ0n) is 11.6. The standard InChI is InChI=1S/C15H21N3OS/c19-15-14(13-4-2-1-3-5-13)16-12-18(15)7-6-17-8-10-20-11-9-17/h1-5,14,16H,6-12H2. The van der Waals surface area contributed by atoms with Crippen LogP contribution >= 0.6 is 11.8 Å². The molecule has 1 atom stereocenters. The van der Waals surface area contributed by atoms with E-state index in [0.717, 1.165) is 31.7 Å². The molecule has 2 saturated heterocycles. The second-order valence-electron chi connectivity index (χ2n) is 5.26. The van der Waals surface area contributed by atoms with Crippen LogP contribution in [0.4, 0.5) is 0 Å². The largest absolute Gasteiger partial charge is 0.327 e. The molecule has 0 bridgehead atoms. The van der Waals surface area contributed by atoms with Crippen molar-refractivity contribution in [3.63, 3.8) is 0 Å². The molecule has 2 aliphatic rings. The molecule has 0 spiro atoms. The van der Waals surface area contributed by atoms with Gasteiger partial charge in [-0.25, -0.2) is 0 Å². The molecule has 0 aliphatic carbocycles. The zero-order chi connectivity index (χ0) is 13.8. The normalized spacial score (nSPS) is 24.3. The van der Waals surface area contributed by atoms with Crippen LogP contribution in [0.3, 0.4) is 0 Å². The lowest BCUT2D eigenvalue weighted by molar-refractivity contribution is -0.129. The fourth-order valence-electron chi connectivity index (χ4n) is 2.73. The smallest absolute Gasteiger partial charge is 0.245 e. The van der Waals surface area contributed by atoms with E-state index in [4.69, 9.17) is 0 Å². The Bertz CT molecular complexity index is 448. The SMILES string of the molecule is O=C1C(c2ccccc2)NCN1CCN1CCSCC1. The lowest BCUT2D eigenvalue weighted by atomic mass is 10.1. The van der Waals surface area contributed by atoms with Crippen molar-refractivity contribution in [1.29, 1.82) is 0 Å². The molecule has 1 N–H and O–H groups in total. The summed E-state index contributed by atoms with van der Waals surface area (Å²) in [5.74, 6) is 2.65. The number of rotatable bonds is 4.